The maximum absolute atomic E-state index is 13.3. The molecule has 9 heteroatoms. The Morgan fingerprint density at radius 3 is 2.33 bits per heavy atom. The molecule has 1 aromatic heterocycles. The molecular weight excluding hydrogens is 413 g/mol. The van der Waals surface area contributed by atoms with Crippen LogP contribution in [0.25, 0.3) is 16.8 Å². The molecule has 1 aliphatic rings. The molecule has 1 fully saturated rings. The van der Waals surface area contributed by atoms with Crippen molar-refractivity contribution >= 4 is 18.9 Å². The molecule has 0 amide bonds. The first kappa shape index (κ1) is 22.2. The minimum Gasteiger partial charge on any atom is -0.347 e. The van der Waals surface area contributed by atoms with E-state index in [0.29, 0.717) is 11.6 Å². The number of thiol groups is 1. The van der Waals surface area contributed by atoms with Crippen LogP contribution in [0.4, 0.5) is 19.1 Å². The lowest BCUT2D eigenvalue weighted by Crippen LogP contribution is -2.16. The molecular formula is C21H22F3N4OS. The summed E-state index contributed by atoms with van der Waals surface area (Å²) in [7, 11) is 3.33. The van der Waals surface area contributed by atoms with E-state index in [2.05, 4.69) is 35.1 Å². The van der Waals surface area contributed by atoms with E-state index < -0.39 is 12.0 Å². The van der Waals surface area contributed by atoms with Gasteiger partial charge in [-0.2, -0.15) is 22.8 Å². The first-order chi connectivity index (χ1) is 14.3. The number of benzene rings is 2. The highest BCUT2D eigenvalue weighted by Crippen LogP contribution is 2.45. The van der Waals surface area contributed by atoms with Gasteiger partial charge in [0.15, 0.2) is 0 Å². The molecule has 0 unspecified atom stereocenters. The summed E-state index contributed by atoms with van der Waals surface area (Å²) in [6.07, 6.45) is -2.53. The molecule has 1 N–H and O–H groups in total. The molecule has 4 rings (SSSR count). The Bertz CT molecular complexity index is 1020. The van der Waals surface area contributed by atoms with E-state index in [4.69, 9.17) is 4.55 Å². The van der Waals surface area contributed by atoms with Crippen molar-refractivity contribution in [1.82, 2.24) is 14.8 Å². The molecule has 1 aliphatic carbocycles. The van der Waals surface area contributed by atoms with Gasteiger partial charge in [-0.05, 0) is 73.0 Å². The van der Waals surface area contributed by atoms with Crippen molar-refractivity contribution in [3.8, 4) is 16.8 Å². The second kappa shape index (κ2) is 8.69. The first-order valence-corrected chi connectivity index (χ1v) is 9.68. The van der Waals surface area contributed by atoms with Crippen LogP contribution in [0.15, 0.2) is 36.4 Å². The van der Waals surface area contributed by atoms with E-state index in [-0.39, 0.29) is 5.95 Å². The van der Waals surface area contributed by atoms with Gasteiger partial charge < -0.3 is 9.45 Å². The van der Waals surface area contributed by atoms with Crippen molar-refractivity contribution in [3.63, 3.8) is 0 Å². The van der Waals surface area contributed by atoms with E-state index in [9.17, 15) is 13.2 Å². The van der Waals surface area contributed by atoms with Crippen LogP contribution >= 0.6 is 12.9 Å². The zero-order valence-electron chi connectivity index (χ0n) is 16.8. The number of halogens is 3. The van der Waals surface area contributed by atoms with E-state index >= 15 is 0 Å². The van der Waals surface area contributed by atoms with Crippen molar-refractivity contribution in [3.05, 3.63) is 59.4 Å². The van der Waals surface area contributed by atoms with Gasteiger partial charge in [-0.25, -0.2) is 0 Å². The second-order valence-electron chi connectivity index (χ2n) is 7.33. The number of aromatic nitrogens is 3. The summed E-state index contributed by atoms with van der Waals surface area (Å²) in [5.74, 6) is -0.625. The van der Waals surface area contributed by atoms with Crippen LogP contribution in [-0.2, 0) is 6.18 Å². The van der Waals surface area contributed by atoms with Gasteiger partial charge in [0.2, 0.25) is 5.95 Å². The van der Waals surface area contributed by atoms with Crippen LogP contribution in [0.1, 0.15) is 35.7 Å². The molecule has 1 heterocycles. The standard InChI is InChI=1S/C21H20F3N4.H2OS/c1-13-11-17(15-9-10-15)18(12-16(13)14-7-5-4-6-8-14)28-20(27(2)3)25-19(26-28)21(22,23)24;1-2/h5-8,11-12,15H,9-10H2,1-3H3;1-2H. The van der Waals surface area contributed by atoms with Crippen LogP contribution in [0, 0.1) is 13.0 Å². The molecule has 0 saturated heterocycles. The quantitative estimate of drug-likeness (QED) is 0.426. The zero-order chi connectivity index (χ0) is 22.1. The smallest absolute Gasteiger partial charge is 0.347 e. The molecule has 0 atom stereocenters. The monoisotopic (exact) mass is 435 g/mol. The third kappa shape index (κ3) is 4.46. The number of nitrogens with zero attached hydrogens (tertiary/aromatic N) is 4. The SMILES string of the molecule is Cc1cc(C2CC2)c(-n2nc(C(F)(F)F)nc2N(C)C)cc1-c1cc[c]cc1.OS. The largest absolute Gasteiger partial charge is 0.453 e. The summed E-state index contributed by atoms with van der Waals surface area (Å²) in [6, 6.07) is 14.5. The topological polar surface area (TPSA) is 54.2 Å². The Balaban J connectivity index is 0.00000124. The van der Waals surface area contributed by atoms with Crippen LogP contribution in [0.2, 0.25) is 0 Å². The zero-order valence-corrected chi connectivity index (χ0v) is 17.7. The summed E-state index contributed by atoms with van der Waals surface area (Å²) in [4.78, 5) is 5.30. The van der Waals surface area contributed by atoms with E-state index in [0.717, 1.165) is 35.1 Å². The first-order valence-electron chi connectivity index (χ1n) is 9.28. The molecule has 0 bridgehead atoms. The van der Waals surface area contributed by atoms with Crippen LogP contribution in [0.3, 0.4) is 0 Å². The van der Waals surface area contributed by atoms with Gasteiger partial charge in [0, 0.05) is 14.1 Å². The number of alkyl halides is 3. The molecule has 1 saturated carbocycles. The molecule has 30 heavy (non-hydrogen) atoms. The predicted octanol–water partition coefficient (Wildman–Crippen LogP) is 5.39. The highest BCUT2D eigenvalue weighted by Gasteiger charge is 2.38. The normalized spacial score (nSPS) is 13.6. The van der Waals surface area contributed by atoms with E-state index in [1.807, 2.05) is 37.3 Å². The molecule has 0 spiro atoms. The average molecular weight is 435 g/mol. The van der Waals surface area contributed by atoms with Gasteiger partial charge in [-0.15, -0.1) is 5.10 Å². The lowest BCUT2D eigenvalue weighted by Gasteiger charge is -2.18. The second-order valence-corrected chi connectivity index (χ2v) is 7.33. The van der Waals surface area contributed by atoms with E-state index in [1.165, 1.54) is 4.68 Å². The summed E-state index contributed by atoms with van der Waals surface area (Å²) in [5, 5.41) is 3.84. The molecule has 1 radical (unpaired) electrons. The number of hydrogen-bond donors (Lipinski definition) is 2. The van der Waals surface area contributed by atoms with Gasteiger partial charge in [0.1, 0.15) is 0 Å². The highest BCUT2D eigenvalue weighted by molar-refractivity contribution is 7.74. The Labute approximate surface area is 178 Å². The fourth-order valence-corrected chi connectivity index (χ4v) is 3.38. The fraction of sp³-hybridized carbons (Fsp3) is 0.333. The number of hydrogen-bond acceptors (Lipinski definition) is 5. The Morgan fingerprint density at radius 1 is 1.17 bits per heavy atom. The van der Waals surface area contributed by atoms with Crippen molar-refractivity contribution < 1.29 is 17.7 Å². The number of anilines is 1. The number of rotatable bonds is 4. The highest BCUT2D eigenvalue weighted by atomic mass is 32.1. The van der Waals surface area contributed by atoms with Crippen molar-refractivity contribution in [2.45, 2.75) is 31.9 Å². The maximum Gasteiger partial charge on any atom is 0.453 e. The molecule has 159 valence electrons. The summed E-state index contributed by atoms with van der Waals surface area (Å²) < 4.78 is 47.9. The van der Waals surface area contributed by atoms with Crippen LogP contribution < -0.4 is 4.90 Å². The minimum absolute atomic E-state index is 0.158. The average Bonchev–Trinajstić information content (AvgIpc) is 3.46. The van der Waals surface area contributed by atoms with Crippen LogP contribution in [-0.4, -0.2) is 33.4 Å². The summed E-state index contributed by atoms with van der Waals surface area (Å²) in [6.45, 7) is 2.02. The van der Waals surface area contributed by atoms with Crippen molar-refractivity contribution in [2.24, 2.45) is 0 Å². The predicted molar refractivity (Wildman–Crippen MR) is 113 cm³/mol. The maximum atomic E-state index is 13.3. The van der Waals surface area contributed by atoms with Gasteiger partial charge in [-0.1, -0.05) is 30.3 Å². The van der Waals surface area contributed by atoms with Gasteiger partial charge >= 0.3 is 6.18 Å². The molecule has 3 aromatic rings. The van der Waals surface area contributed by atoms with Gasteiger partial charge in [0.05, 0.1) is 5.69 Å². The van der Waals surface area contributed by atoms with Gasteiger partial charge in [0.25, 0.3) is 5.82 Å². The van der Waals surface area contributed by atoms with Gasteiger partial charge in [-0.3, -0.25) is 0 Å². The third-order valence-corrected chi connectivity index (χ3v) is 4.89. The summed E-state index contributed by atoms with van der Waals surface area (Å²) >= 11 is 2.53. The molecule has 2 aromatic carbocycles. The Kier molecular flexibility index (Phi) is 6.42. The Morgan fingerprint density at radius 2 is 1.80 bits per heavy atom. The lowest BCUT2D eigenvalue weighted by atomic mass is 9.95. The number of aryl methyl sites for hydroxylation is 1. The van der Waals surface area contributed by atoms with Crippen LogP contribution in [0.5, 0.6) is 0 Å². The van der Waals surface area contributed by atoms with Crippen molar-refractivity contribution in [1.29, 1.82) is 0 Å². The summed E-state index contributed by atoms with van der Waals surface area (Å²) in [5.41, 5.74) is 4.71. The minimum atomic E-state index is -4.60. The van der Waals surface area contributed by atoms with Crippen molar-refractivity contribution in [2.75, 3.05) is 19.0 Å². The Hall–Kier alpha value is -2.52. The van der Waals surface area contributed by atoms with E-state index in [1.54, 1.807) is 19.0 Å². The third-order valence-electron chi connectivity index (χ3n) is 4.89. The lowest BCUT2D eigenvalue weighted by molar-refractivity contribution is -0.144. The molecule has 5 nitrogen and oxygen atoms in total. The fourth-order valence-electron chi connectivity index (χ4n) is 3.38. The molecule has 0 aliphatic heterocycles.